The van der Waals surface area contributed by atoms with Gasteiger partial charge in [0.15, 0.2) is 0 Å². The summed E-state index contributed by atoms with van der Waals surface area (Å²) in [5, 5.41) is 0.679. The van der Waals surface area contributed by atoms with Crippen molar-refractivity contribution in [3.05, 3.63) is 52.6 Å². The third-order valence-electron chi connectivity index (χ3n) is 5.05. The number of hydrogen-bond donors (Lipinski definition) is 0. The highest BCUT2D eigenvalue weighted by Gasteiger charge is 2.33. The summed E-state index contributed by atoms with van der Waals surface area (Å²) in [6.07, 6.45) is 2.17. The quantitative estimate of drug-likeness (QED) is 0.781. The van der Waals surface area contributed by atoms with Gasteiger partial charge in [0, 0.05) is 11.5 Å². The van der Waals surface area contributed by atoms with Crippen LogP contribution in [0.25, 0.3) is 0 Å². The summed E-state index contributed by atoms with van der Waals surface area (Å²) >= 11 is 6.37. The number of hydrogen-bond acceptors (Lipinski definition) is 2. The number of piperidine rings is 1. The Kier molecular flexibility index (Phi) is 3.82. The van der Waals surface area contributed by atoms with Gasteiger partial charge in [0.05, 0.1) is 12.2 Å². The zero-order chi connectivity index (χ0) is 16.0. The predicted molar refractivity (Wildman–Crippen MR) is 88.5 cm³/mol. The minimum atomic E-state index is -0.241. The van der Waals surface area contributed by atoms with E-state index in [2.05, 4.69) is 16.5 Å². The van der Waals surface area contributed by atoms with E-state index < -0.39 is 0 Å². The Bertz CT molecular complexity index is 722. The van der Waals surface area contributed by atoms with E-state index in [1.54, 1.807) is 12.1 Å². The fourth-order valence-corrected chi connectivity index (χ4v) is 3.92. The fourth-order valence-electron chi connectivity index (χ4n) is 3.70. The minimum Gasteiger partial charge on any atom is -0.484 e. The van der Waals surface area contributed by atoms with E-state index in [-0.39, 0.29) is 11.9 Å². The van der Waals surface area contributed by atoms with Crippen LogP contribution in [0.2, 0.25) is 5.15 Å². The molecule has 3 heterocycles. The van der Waals surface area contributed by atoms with E-state index >= 15 is 0 Å². The molecule has 1 aromatic heterocycles. The van der Waals surface area contributed by atoms with Crippen molar-refractivity contribution in [3.63, 3.8) is 0 Å². The zero-order valence-corrected chi connectivity index (χ0v) is 13.9. The van der Waals surface area contributed by atoms with Crippen LogP contribution in [0.3, 0.4) is 0 Å². The first-order valence-electron chi connectivity index (χ1n) is 8.10. The Balaban J connectivity index is 1.75. The van der Waals surface area contributed by atoms with Crippen LogP contribution in [0.4, 0.5) is 4.39 Å². The van der Waals surface area contributed by atoms with E-state index in [4.69, 9.17) is 16.3 Å². The van der Waals surface area contributed by atoms with Crippen molar-refractivity contribution >= 4 is 11.6 Å². The first-order valence-corrected chi connectivity index (χ1v) is 8.48. The van der Waals surface area contributed by atoms with Crippen molar-refractivity contribution in [2.24, 2.45) is 5.92 Å². The van der Waals surface area contributed by atoms with Gasteiger partial charge in [0.2, 0.25) is 0 Å². The molecule has 3 nitrogen and oxygen atoms in total. The zero-order valence-electron chi connectivity index (χ0n) is 13.1. The smallest absolute Gasteiger partial charge is 0.141 e. The third-order valence-corrected chi connectivity index (χ3v) is 5.38. The second-order valence-electron chi connectivity index (χ2n) is 6.60. The molecule has 2 aliphatic rings. The molecule has 122 valence electrons. The molecule has 23 heavy (non-hydrogen) atoms. The minimum absolute atomic E-state index is 0.0251. The highest BCUT2D eigenvalue weighted by molar-refractivity contribution is 6.29. The van der Waals surface area contributed by atoms with E-state index in [0.717, 1.165) is 42.9 Å². The number of fused-ring (bicyclic) bond motifs is 2. The van der Waals surface area contributed by atoms with Gasteiger partial charge in [-0.2, -0.15) is 0 Å². The molecule has 2 aliphatic heterocycles. The van der Waals surface area contributed by atoms with Crippen LogP contribution in [-0.2, 0) is 6.54 Å². The SMILES string of the molecule is CN1CCC(C2Oc3ccc(F)cc3Cn3c(Cl)ccc32)CC1. The lowest BCUT2D eigenvalue weighted by Crippen LogP contribution is -2.34. The number of benzene rings is 1. The van der Waals surface area contributed by atoms with Crippen molar-refractivity contribution in [1.29, 1.82) is 0 Å². The lowest BCUT2D eigenvalue weighted by Gasteiger charge is -2.34. The monoisotopic (exact) mass is 334 g/mol. The first kappa shape index (κ1) is 15.0. The van der Waals surface area contributed by atoms with Crippen LogP contribution < -0.4 is 4.74 Å². The Morgan fingerprint density at radius 2 is 1.96 bits per heavy atom. The van der Waals surface area contributed by atoms with Crippen molar-refractivity contribution in [1.82, 2.24) is 9.47 Å². The molecule has 0 N–H and O–H groups in total. The number of ether oxygens (including phenoxy) is 1. The molecule has 1 saturated heterocycles. The highest BCUT2D eigenvalue weighted by Crippen LogP contribution is 2.40. The van der Waals surface area contributed by atoms with Gasteiger partial charge in [-0.25, -0.2) is 4.39 Å². The first-order chi connectivity index (χ1) is 11.1. The maximum Gasteiger partial charge on any atom is 0.141 e. The summed E-state index contributed by atoms with van der Waals surface area (Å²) in [6, 6.07) is 8.71. The van der Waals surface area contributed by atoms with Crippen molar-refractivity contribution in [2.75, 3.05) is 20.1 Å². The molecule has 1 atom stereocenters. The van der Waals surface area contributed by atoms with Crippen LogP contribution in [0.5, 0.6) is 5.75 Å². The normalized spacial score (nSPS) is 22.1. The molecule has 2 aromatic rings. The summed E-state index contributed by atoms with van der Waals surface area (Å²) in [7, 11) is 2.15. The number of rotatable bonds is 1. The Morgan fingerprint density at radius 3 is 2.74 bits per heavy atom. The van der Waals surface area contributed by atoms with E-state index in [1.165, 1.54) is 6.07 Å². The predicted octanol–water partition coefficient (Wildman–Crippen LogP) is 4.10. The van der Waals surface area contributed by atoms with Crippen molar-refractivity contribution in [2.45, 2.75) is 25.5 Å². The Labute approximate surface area is 140 Å². The number of halogens is 2. The largest absolute Gasteiger partial charge is 0.484 e. The van der Waals surface area contributed by atoms with Crippen molar-refractivity contribution < 1.29 is 9.13 Å². The van der Waals surface area contributed by atoms with Gasteiger partial charge in [-0.15, -0.1) is 0 Å². The van der Waals surface area contributed by atoms with Gasteiger partial charge in [-0.05, 0) is 63.3 Å². The van der Waals surface area contributed by atoms with Crippen LogP contribution in [-0.4, -0.2) is 29.6 Å². The second-order valence-corrected chi connectivity index (χ2v) is 6.99. The lowest BCUT2D eigenvalue weighted by molar-refractivity contribution is 0.0822. The molecule has 1 fully saturated rings. The second kappa shape index (κ2) is 5.84. The van der Waals surface area contributed by atoms with Crippen LogP contribution in [0.1, 0.15) is 30.2 Å². The van der Waals surface area contributed by atoms with Gasteiger partial charge < -0.3 is 14.2 Å². The molecule has 4 rings (SSSR count). The van der Waals surface area contributed by atoms with Gasteiger partial charge in [0.1, 0.15) is 22.8 Å². The number of nitrogens with zero attached hydrogens (tertiary/aromatic N) is 2. The average molecular weight is 335 g/mol. The van der Waals surface area contributed by atoms with Gasteiger partial charge in [0.25, 0.3) is 0 Å². The molecule has 0 aliphatic carbocycles. The standard InChI is InChI=1S/C18H20ClFN2O/c1-21-8-6-12(7-9-21)18-15-3-5-17(19)22(15)11-13-10-14(20)2-4-16(13)23-18/h2-5,10,12,18H,6-9,11H2,1H3. The van der Waals surface area contributed by atoms with Gasteiger partial charge >= 0.3 is 0 Å². The summed E-state index contributed by atoms with van der Waals surface area (Å²) < 4.78 is 22.0. The molecular formula is C18H20ClFN2O. The Hall–Kier alpha value is -1.52. The van der Waals surface area contributed by atoms with Gasteiger partial charge in [-0.3, -0.25) is 0 Å². The van der Waals surface area contributed by atoms with E-state index in [0.29, 0.717) is 17.6 Å². The van der Waals surface area contributed by atoms with Crippen LogP contribution in [0, 0.1) is 11.7 Å². The van der Waals surface area contributed by atoms with Gasteiger partial charge in [-0.1, -0.05) is 11.6 Å². The number of aromatic nitrogens is 1. The molecule has 0 bridgehead atoms. The molecule has 0 spiro atoms. The van der Waals surface area contributed by atoms with E-state index in [1.807, 2.05) is 12.1 Å². The van der Waals surface area contributed by atoms with Crippen LogP contribution >= 0.6 is 11.6 Å². The summed E-state index contributed by atoms with van der Waals surface area (Å²) in [4.78, 5) is 2.35. The molecule has 0 saturated carbocycles. The summed E-state index contributed by atoms with van der Waals surface area (Å²) in [5.74, 6) is 0.983. The van der Waals surface area contributed by atoms with Crippen molar-refractivity contribution in [3.8, 4) is 5.75 Å². The fraction of sp³-hybridized carbons (Fsp3) is 0.444. The maximum absolute atomic E-state index is 13.6. The maximum atomic E-state index is 13.6. The topological polar surface area (TPSA) is 17.4 Å². The Morgan fingerprint density at radius 1 is 1.17 bits per heavy atom. The molecule has 0 radical (unpaired) electrons. The van der Waals surface area contributed by atoms with Crippen LogP contribution in [0.15, 0.2) is 30.3 Å². The highest BCUT2D eigenvalue weighted by atomic mass is 35.5. The molecule has 1 aromatic carbocycles. The van der Waals surface area contributed by atoms with E-state index in [9.17, 15) is 4.39 Å². The third kappa shape index (κ3) is 2.74. The summed E-state index contributed by atoms with van der Waals surface area (Å²) in [5.41, 5.74) is 1.95. The average Bonchev–Trinajstić information content (AvgIpc) is 2.80. The molecule has 0 amide bonds. The lowest BCUT2D eigenvalue weighted by atomic mass is 9.89. The summed E-state index contributed by atoms with van der Waals surface area (Å²) in [6.45, 7) is 2.71. The molecule has 5 heteroatoms. The molecular weight excluding hydrogens is 315 g/mol. The molecule has 1 unspecified atom stereocenters. The number of likely N-dealkylation sites (tertiary alicyclic amines) is 1.